The zero-order valence-electron chi connectivity index (χ0n) is 5.98. The lowest BCUT2D eigenvalue weighted by Gasteiger charge is -1.86. The van der Waals surface area contributed by atoms with Gasteiger partial charge in [0.15, 0.2) is 0 Å². The normalized spacial score (nSPS) is 10.3. The summed E-state index contributed by atoms with van der Waals surface area (Å²) >= 11 is 7.19. The molecular formula is C7H9BrS2. The van der Waals surface area contributed by atoms with Gasteiger partial charge >= 0.3 is 0 Å². The molecule has 0 nitrogen and oxygen atoms in total. The highest BCUT2D eigenvalue weighted by Gasteiger charge is 2.02. The van der Waals surface area contributed by atoms with Gasteiger partial charge in [0, 0.05) is 9.35 Å². The van der Waals surface area contributed by atoms with Crippen LogP contribution in [-0.4, -0.2) is 6.26 Å². The van der Waals surface area contributed by atoms with E-state index in [4.69, 9.17) is 0 Å². The van der Waals surface area contributed by atoms with E-state index in [0.29, 0.717) is 0 Å². The van der Waals surface area contributed by atoms with Crippen LogP contribution in [0.5, 0.6) is 0 Å². The molecule has 0 unspecified atom stereocenters. The Bertz CT molecular complexity index is 217. The van der Waals surface area contributed by atoms with E-state index in [1.165, 1.54) is 13.6 Å². The molecule has 0 atom stereocenters. The highest BCUT2D eigenvalue weighted by atomic mass is 79.9. The molecule has 0 aliphatic rings. The quantitative estimate of drug-likeness (QED) is 0.705. The first-order valence-corrected chi connectivity index (χ1v) is 5.93. The molecule has 0 saturated heterocycles. The van der Waals surface area contributed by atoms with Crippen molar-refractivity contribution in [2.24, 2.45) is 0 Å². The summed E-state index contributed by atoms with van der Waals surface area (Å²) in [4.78, 5) is 1.45. The highest BCUT2D eigenvalue weighted by molar-refractivity contribution is 9.10. The average Bonchev–Trinajstić information content (AvgIpc) is 2.30. The number of hydrogen-bond acceptors (Lipinski definition) is 2. The molecular weight excluding hydrogens is 228 g/mol. The molecule has 56 valence electrons. The van der Waals surface area contributed by atoms with Gasteiger partial charge < -0.3 is 0 Å². The van der Waals surface area contributed by atoms with Crippen LogP contribution in [0.1, 0.15) is 11.8 Å². The molecule has 3 heteroatoms. The van der Waals surface area contributed by atoms with E-state index in [0.717, 1.165) is 6.42 Å². The van der Waals surface area contributed by atoms with Crippen molar-refractivity contribution in [3.05, 3.63) is 15.4 Å². The monoisotopic (exact) mass is 236 g/mol. The highest BCUT2D eigenvalue weighted by Crippen LogP contribution is 2.34. The molecule has 1 aromatic rings. The summed E-state index contributed by atoms with van der Waals surface area (Å²) in [6.45, 7) is 2.18. The van der Waals surface area contributed by atoms with Crippen LogP contribution in [0, 0.1) is 0 Å². The lowest BCUT2D eigenvalue weighted by Crippen LogP contribution is -1.64. The Balaban J connectivity index is 2.92. The lowest BCUT2D eigenvalue weighted by atomic mass is 10.4. The van der Waals surface area contributed by atoms with E-state index >= 15 is 0 Å². The summed E-state index contributed by atoms with van der Waals surface area (Å²) in [5.41, 5.74) is 0. The van der Waals surface area contributed by atoms with E-state index < -0.39 is 0 Å². The van der Waals surface area contributed by atoms with Crippen LogP contribution in [0.3, 0.4) is 0 Å². The Hall–Kier alpha value is 0.530. The van der Waals surface area contributed by atoms with Gasteiger partial charge in [0.2, 0.25) is 0 Å². The van der Waals surface area contributed by atoms with Crippen molar-refractivity contribution in [3.63, 3.8) is 0 Å². The SMILES string of the molecule is CCc1cc(Br)c(SC)s1. The fraction of sp³-hybridized carbons (Fsp3) is 0.429. The van der Waals surface area contributed by atoms with Gasteiger partial charge in [-0.1, -0.05) is 6.92 Å². The van der Waals surface area contributed by atoms with Crippen LogP contribution in [0.2, 0.25) is 0 Å². The molecule has 0 saturated carbocycles. The van der Waals surface area contributed by atoms with Crippen molar-refractivity contribution in [1.29, 1.82) is 0 Å². The number of hydrogen-bond donors (Lipinski definition) is 0. The predicted octanol–water partition coefficient (Wildman–Crippen LogP) is 3.79. The maximum Gasteiger partial charge on any atom is 0.0741 e. The molecule has 1 heterocycles. The van der Waals surface area contributed by atoms with Crippen molar-refractivity contribution in [3.8, 4) is 0 Å². The van der Waals surface area contributed by atoms with Crippen molar-refractivity contribution < 1.29 is 0 Å². The van der Waals surface area contributed by atoms with Crippen LogP contribution >= 0.6 is 39.0 Å². The molecule has 0 aromatic carbocycles. The summed E-state index contributed by atoms with van der Waals surface area (Å²) < 4.78 is 2.64. The van der Waals surface area contributed by atoms with Crippen molar-refractivity contribution >= 4 is 39.0 Å². The number of thioether (sulfide) groups is 1. The first-order chi connectivity index (χ1) is 4.77. The fourth-order valence-corrected chi connectivity index (χ4v) is 3.49. The largest absolute Gasteiger partial charge is 0.133 e. The first kappa shape index (κ1) is 8.62. The lowest BCUT2D eigenvalue weighted by molar-refractivity contribution is 1.18. The molecule has 1 aromatic heterocycles. The summed E-state index contributed by atoms with van der Waals surface area (Å²) in [6, 6.07) is 2.20. The minimum atomic E-state index is 1.14. The Morgan fingerprint density at radius 2 is 2.40 bits per heavy atom. The number of thiophene rings is 1. The molecule has 1 rings (SSSR count). The molecule has 0 N–H and O–H groups in total. The van der Waals surface area contributed by atoms with Crippen molar-refractivity contribution in [2.45, 2.75) is 17.6 Å². The second kappa shape index (κ2) is 3.79. The Labute approximate surface area is 78.2 Å². The third kappa shape index (κ3) is 1.77. The number of rotatable bonds is 2. The third-order valence-corrected chi connectivity index (χ3v) is 4.81. The zero-order chi connectivity index (χ0) is 7.56. The minimum Gasteiger partial charge on any atom is -0.133 e. The maximum atomic E-state index is 3.51. The van der Waals surface area contributed by atoms with Crippen LogP contribution in [0.4, 0.5) is 0 Å². The van der Waals surface area contributed by atoms with E-state index in [9.17, 15) is 0 Å². The second-order valence-electron chi connectivity index (χ2n) is 1.91. The Kier molecular flexibility index (Phi) is 3.27. The number of aryl methyl sites for hydroxylation is 1. The van der Waals surface area contributed by atoms with Gasteiger partial charge in [0.05, 0.1) is 4.21 Å². The van der Waals surface area contributed by atoms with Gasteiger partial charge in [-0.3, -0.25) is 0 Å². The summed E-state index contributed by atoms with van der Waals surface area (Å²) in [7, 11) is 0. The fourth-order valence-electron chi connectivity index (χ4n) is 0.711. The minimum absolute atomic E-state index is 1.14. The van der Waals surface area contributed by atoms with Gasteiger partial charge in [-0.2, -0.15) is 0 Å². The maximum absolute atomic E-state index is 3.51. The molecule has 10 heavy (non-hydrogen) atoms. The van der Waals surface area contributed by atoms with Gasteiger partial charge in [0.1, 0.15) is 0 Å². The molecule has 0 amide bonds. The standard InChI is InChI=1S/C7H9BrS2/c1-3-5-4-6(8)7(9-2)10-5/h4H,3H2,1-2H3. The second-order valence-corrected chi connectivity index (χ2v) is 4.97. The van der Waals surface area contributed by atoms with E-state index in [2.05, 4.69) is 35.2 Å². The molecule has 0 bridgehead atoms. The first-order valence-electron chi connectivity index (χ1n) is 3.10. The summed E-state index contributed by atoms with van der Waals surface area (Å²) in [5, 5.41) is 0. The number of halogens is 1. The Morgan fingerprint density at radius 1 is 1.70 bits per heavy atom. The van der Waals surface area contributed by atoms with Gasteiger partial charge in [0.25, 0.3) is 0 Å². The van der Waals surface area contributed by atoms with Gasteiger partial charge in [-0.05, 0) is 34.7 Å². The molecule has 0 radical (unpaired) electrons. The van der Waals surface area contributed by atoms with E-state index in [1.807, 2.05) is 11.3 Å². The smallest absolute Gasteiger partial charge is 0.0741 e. The molecule has 0 aliphatic heterocycles. The Morgan fingerprint density at radius 3 is 2.70 bits per heavy atom. The third-order valence-electron chi connectivity index (χ3n) is 1.24. The van der Waals surface area contributed by atoms with Crippen LogP contribution in [0.25, 0.3) is 0 Å². The summed E-state index contributed by atoms with van der Waals surface area (Å²) in [6.07, 6.45) is 3.25. The molecule has 0 aliphatic carbocycles. The topological polar surface area (TPSA) is 0 Å². The van der Waals surface area contributed by atoms with Crippen molar-refractivity contribution in [1.82, 2.24) is 0 Å². The van der Waals surface area contributed by atoms with E-state index in [-0.39, 0.29) is 0 Å². The van der Waals surface area contributed by atoms with Crippen molar-refractivity contribution in [2.75, 3.05) is 6.26 Å². The molecule has 0 fully saturated rings. The van der Waals surface area contributed by atoms with E-state index in [1.54, 1.807) is 11.8 Å². The van der Waals surface area contributed by atoms with Crippen LogP contribution in [-0.2, 0) is 6.42 Å². The molecule has 0 spiro atoms. The summed E-state index contributed by atoms with van der Waals surface area (Å²) in [5.74, 6) is 0. The van der Waals surface area contributed by atoms with Gasteiger partial charge in [-0.25, -0.2) is 0 Å². The van der Waals surface area contributed by atoms with Crippen LogP contribution < -0.4 is 0 Å². The van der Waals surface area contributed by atoms with Crippen LogP contribution in [0.15, 0.2) is 14.7 Å². The predicted molar refractivity (Wildman–Crippen MR) is 53.2 cm³/mol. The van der Waals surface area contributed by atoms with Gasteiger partial charge in [-0.15, -0.1) is 23.1 Å². The average molecular weight is 237 g/mol. The zero-order valence-corrected chi connectivity index (χ0v) is 9.20.